The third-order valence-corrected chi connectivity index (χ3v) is 1.01. The summed E-state index contributed by atoms with van der Waals surface area (Å²) in [4.78, 5) is 3.87. The highest BCUT2D eigenvalue weighted by Crippen LogP contribution is 1.92. The molecule has 0 aromatic carbocycles. The average Bonchev–Trinajstić information content (AvgIpc) is 1.82. The molecule has 0 aliphatic rings. The molecule has 0 saturated carbocycles. The topological polar surface area (TPSA) is 36.2 Å². The summed E-state index contributed by atoms with van der Waals surface area (Å²) >= 11 is 0. The first kappa shape index (κ1) is 8.08. The van der Waals surface area contributed by atoms with Gasteiger partial charge in [-0.1, -0.05) is 0 Å². The van der Waals surface area contributed by atoms with E-state index in [4.69, 9.17) is 5.41 Å². The van der Waals surface area contributed by atoms with E-state index in [0.717, 1.165) is 5.57 Å². The van der Waals surface area contributed by atoms with Gasteiger partial charge >= 0.3 is 0 Å². The minimum atomic E-state index is 0.570. The van der Waals surface area contributed by atoms with E-state index in [1.165, 1.54) is 0 Å². The smallest absolute Gasteiger partial charge is 0.0327 e. The summed E-state index contributed by atoms with van der Waals surface area (Å²) in [5.41, 5.74) is 1.48. The minimum absolute atomic E-state index is 0.570. The zero-order valence-electron chi connectivity index (χ0n) is 6.10. The molecule has 1 N–H and O–H groups in total. The molecular weight excluding hydrogens is 112 g/mol. The Kier molecular flexibility index (Phi) is 3.60. The van der Waals surface area contributed by atoms with Crippen LogP contribution in [-0.4, -0.2) is 11.9 Å². The molecule has 0 spiro atoms. The summed E-state index contributed by atoms with van der Waals surface area (Å²) in [6, 6.07) is 0. The summed E-state index contributed by atoms with van der Waals surface area (Å²) in [6.07, 6.45) is 3.38. The first-order valence-corrected chi connectivity index (χ1v) is 2.88. The summed E-state index contributed by atoms with van der Waals surface area (Å²) in [6.45, 7) is 5.47. The van der Waals surface area contributed by atoms with Crippen LogP contribution in [0.25, 0.3) is 0 Å². The Morgan fingerprint density at radius 1 is 1.44 bits per heavy atom. The maximum atomic E-state index is 7.14. The van der Waals surface area contributed by atoms with Gasteiger partial charge < -0.3 is 5.41 Å². The second-order valence-corrected chi connectivity index (χ2v) is 1.84. The first-order valence-electron chi connectivity index (χ1n) is 2.88. The van der Waals surface area contributed by atoms with Crippen molar-refractivity contribution >= 4 is 11.9 Å². The number of allylic oxidation sites excluding steroid dienone is 1. The molecule has 0 amide bonds. The van der Waals surface area contributed by atoms with Crippen LogP contribution in [0.15, 0.2) is 16.8 Å². The Balaban J connectivity index is 4.00. The minimum Gasteiger partial charge on any atom is -0.305 e. The van der Waals surface area contributed by atoms with E-state index in [9.17, 15) is 0 Å². The highest BCUT2D eigenvalue weighted by atomic mass is 14.7. The molecular formula is C7H12N2. The molecule has 0 aliphatic carbocycles. The van der Waals surface area contributed by atoms with Crippen LogP contribution >= 0.6 is 0 Å². The van der Waals surface area contributed by atoms with Gasteiger partial charge in [0.1, 0.15) is 0 Å². The zero-order valence-corrected chi connectivity index (χ0v) is 6.10. The second-order valence-electron chi connectivity index (χ2n) is 1.84. The molecule has 0 aliphatic heterocycles. The predicted molar refractivity (Wildman–Crippen MR) is 41.3 cm³/mol. The van der Waals surface area contributed by atoms with E-state index < -0.39 is 0 Å². The SMILES string of the molecule is CC=NC=C(C)C(C)=N. The zero-order chi connectivity index (χ0) is 7.28. The van der Waals surface area contributed by atoms with E-state index in [1.807, 2.05) is 13.8 Å². The molecule has 0 bridgehead atoms. The summed E-state index contributed by atoms with van der Waals surface area (Å²) in [5, 5.41) is 7.14. The fourth-order valence-electron chi connectivity index (χ4n) is 0.283. The van der Waals surface area contributed by atoms with E-state index in [0.29, 0.717) is 5.71 Å². The van der Waals surface area contributed by atoms with Gasteiger partial charge in [0.2, 0.25) is 0 Å². The highest BCUT2D eigenvalue weighted by Gasteiger charge is 1.86. The van der Waals surface area contributed by atoms with Crippen molar-refractivity contribution in [3.8, 4) is 0 Å². The van der Waals surface area contributed by atoms with Crippen LogP contribution in [0.4, 0.5) is 0 Å². The molecule has 0 heterocycles. The number of aliphatic imine (C=N–C) groups is 1. The van der Waals surface area contributed by atoms with Gasteiger partial charge in [-0.25, -0.2) is 0 Å². The fraction of sp³-hybridized carbons (Fsp3) is 0.429. The Morgan fingerprint density at radius 3 is 2.33 bits per heavy atom. The average molecular weight is 124 g/mol. The quantitative estimate of drug-likeness (QED) is 0.547. The molecule has 0 saturated heterocycles. The van der Waals surface area contributed by atoms with Crippen LogP contribution in [0.5, 0.6) is 0 Å². The van der Waals surface area contributed by atoms with Gasteiger partial charge in [0.15, 0.2) is 0 Å². The van der Waals surface area contributed by atoms with Gasteiger partial charge in [0.25, 0.3) is 0 Å². The number of nitrogens with zero attached hydrogens (tertiary/aromatic N) is 1. The van der Waals surface area contributed by atoms with Gasteiger partial charge in [-0.15, -0.1) is 0 Å². The maximum Gasteiger partial charge on any atom is 0.0327 e. The summed E-state index contributed by atoms with van der Waals surface area (Å²) < 4.78 is 0. The van der Waals surface area contributed by atoms with E-state index in [2.05, 4.69) is 4.99 Å². The Labute approximate surface area is 55.8 Å². The van der Waals surface area contributed by atoms with Crippen LogP contribution in [0.2, 0.25) is 0 Å². The Bertz CT molecular complexity index is 154. The number of nitrogens with one attached hydrogen (secondary N) is 1. The molecule has 0 unspecified atom stereocenters. The molecule has 0 fully saturated rings. The monoisotopic (exact) mass is 124 g/mol. The Hall–Kier alpha value is -0.920. The maximum absolute atomic E-state index is 7.14. The lowest BCUT2D eigenvalue weighted by Crippen LogP contribution is -1.87. The van der Waals surface area contributed by atoms with Gasteiger partial charge in [-0.3, -0.25) is 4.99 Å². The summed E-state index contributed by atoms with van der Waals surface area (Å²) in [7, 11) is 0. The first-order chi connectivity index (χ1) is 4.18. The molecule has 50 valence electrons. The number of hydrogen-bond donors (Lipinski definition) is 1. The van der Waals surface area contributed by atoms with E-state index in [1.54, 1.807) is 19.3 Å². The van der Waals surface area contributed by atoms with Crippen LogP contribution in [-0.2, 0) is 0 Å². The lowest BCUT2D eigenvalue weighted by molar-refractivity contribution is 1.38. The molecule has 9 heavy (non-hydrogen) atoms. The largest absolute Gasteiger partial charge is 0.305 e. The fourth-order valence-corrected chi connectivity index (χ4v) is 0.283. The lowest BCUT2D eigenvalue weighted by Gasteiger charge is -1.90. The van der Waals surface area contributed by atoms with E-state index in [-0.39, 0.29) is 0 Å². The second kappa shape index (κ2) is 4.01. The predicted octanol–water partition coefficient (Wildman–Crippen LogP) is 2.02. The van der Waals surface area contributed by atoms with Gasteiger partial charge in [-0.2, -0.15) is 0 Å². The molecule has 0 radical (unpaired) electrons. The number of rotatable bonds is 2. The van der Waals surface area contributed by atoms with Crippen LogP contribution in [0.1, 0.15) is 20.8 Å². The molecule has 2 heteroatoms. The molecule has 0 atom stereocenters. The lowest BCUT2D eigenvalue weighted by atomic mass is 10.2. The summed E-state index contributed by atoms with van der Waals surface area (Å²) in [5.74, 6) is 0. The van der Waals surface area contributed by atoms with Crippen LogP contribution < -0.4 is 0 Å². The third kappa shape index (κ3) is 3.64. The van der Waals surface area contributed by atoms with Crippen molar-refractivity contribution in [1.29, 1.82) is 5.41 Å². The van der Waals surface area contributed by atoms with Crippen molar-refractivity contribution < 1.29 is 0 Å². The van der Waals surface area contributed by atoms with Gasteiger partial charge in [-0.05, 0) is 26.3 Å². The van der Waals surface area contributed by atoms with Crippen molar-refractivity contribution in [2.24, 2.45) is 4.99 Å². The molecule has 2 nitrogen and oxygen atoms in total. The van der Waals surface area contributed by atoms with Crippen molar-refractivity contribution in [3.63, 3.8) is 0 Å². The Morgan fingerprint density at radius 2 is 2.00 bits per heavy atom. The van der Waals surface area contributed by atoms with Crippen molar-refractivity contribution in [1.82, 2.24) is 0 Å². The van der Waals surface area contributed by atoms with E-state index >= 15 is 0 Å². The molecule has 0 aromatic rings. The standard InChI is InChI=1S/C7H12N2/c1-4-9-5-6(2)7(3)8/h4-5,8H,1-3H3. The highest BCUT2D eigenvalue weighted by molar-refractivity contribution is 5.95. The van der Waals surface area contributed by atoms with Crippen LogP contribution in [0, 0.1) is 5.41 Å². The molecule has 0 rings (SSSR count). The van der Waals surface area contributed by atoms with Crippen molar-refractivity contribution in [2.75, 3.05) is 0 Å². The number of hydrogen-bond acceptors (Lipinski definition) is 2. The van der Waals surface area contributed by atoms with Gasteiger partial charge in [0, 0.05) is 18.1 Å². The molecule has 0 aromatic heterocycles. The normalized spacial score (nSPS) is 12.6. The van der Waals surface area contributed by atoms with Gasteiger partial charge in [0.05, 0.1) is 0 Å². The van der Waals surface area contributed by atoms with Crippen molar-refractivity contribution in [3.05, 3.63) is 11.8 Å². The third-order valence-electron chi connectivity index (χ3n) is 1.01. The van der Waals surface area contributed by atoms with Crippen molar-refractivity contribution in [2.45, 2.75) is 20.8 Å². The van der Waals surface area contributed by atoms with Crippen LogP contribution in [0.3, 0.4) is 0 Å².